The number of nitrogens with zero attached hydrogens (tertiary/aromatic N) is 2. The van der Waals surface area contributed by atoms with Crippen molar-refractivity contribution in [2.75, 3.05) is 26.2 Å². The molecule has 1 fully saturated rings. The maximum Gasteiger partial charge on any atom is 0.242 e. The van der Waals surface area contributed by atoms with Crippen LogP contribution in [-0.4, -0.2) is 47.8 Å². The molecule has 1 unspecified atom stereocenters. The Hall–Kier alpha value is -1.91. The number of carbonyl (C=O) groups excluding carboxylic acids is 2. The van der Waals surface area contributed by atoms with Crippen molar-refractivity contribution in [2.45, 2.75) is 33.1 Å². The first-order valence-electron chi connectivity index (χ1n) is 8.23. The van der Waals surface area contributed by atoms with Crippen molar-refractivity contribution in [3.05, 3.63) is 35.6 Å². The Morgan fingerprint density at radius 1 is 1.30 bits per heavy atom. The van der Waals surface area contributed by atoms with Crippen molar-refractivity contribution in [3.8, 4) is 0 Å². The average Bonchev–Trinajstić information content (AvgIpc) is 2.52. The first kappa shape index (κ1) is 17.4. The molecule has 0 aromatic heterocycles. The molecule has 0 saturated carbocycles. The third-order valence-electron chi connectivity index (χ3n) is 4.36. The number of hydrogen-bond acceptors (Lipinski definition) is 2. The number of hydrogen-bond donors (Lipinski definition) is 0. The number of benzene rings is 1. The molecule has 126 valence electrons. The van der Waals surface area contributed by atoms with E-state index in [2.05, 4.69) is 6.92 Å². The predicted octanol–water partition coefficient (Wildman–Crippen LogP) is 2.48. The summed E-state index contributed by atoms with van der Waals surface area (Å²) in [6, 6.07) is 6.24. The Labute approximate surface area is 137 Å². The summed E-state index contributed by atoms with van der Waals surface area (Å²) in [5, 5.41) is 0. The molecule has 0 bridgehead atoms. The molecule has 1 aliphatic heterocycles. The van der Waals surface area contributed by atoms with Crippen molar-refractivity contribution < 1.29 is 14.0 Å². The zero-order chi connectivity index (χ0) is 16.8. The Kier molecular flexibility index (Phi) is 6.13. The van der Waals surface area contributed by atoms with Gasteiger partial charge in [-0.1, -0.05) is 19.1 Å². The van der Waals surface area contributed by atoms with Crippen molar-refractivity contribution >= 4 is 11.8 Å². The lowest BCUT2D eigenvalue weighted by Crippen LogP contribution is -2.46. The Morgan fingerprint density at radius 3 is 2.61 bits per heavy atom. The highest BCUT2D eigenvalue weighted by atomic mass is 19.1. The smallest absolute Gasteiger partial charge is 0.242 e. The van der Waals surface area contributed by atoms with E-state index in [1.165, 1.54) is 19.1 Å². The average molecular weight is 320 g/mol. The lowest BCUT2D eigenvalue weighted by atomic mass is 10.0. The lowest BCUT2D eigenvalue weighted by Gasteiger charge is -2.32. The van der Waals surface area contributed by atoms with E-state index >= 15 is 0 Å². The van der Waals surface area contributed by atoms with Gasteiger partial charge in [-0.2, -0.15) is 0 Å². The van der Waals surface area contributed by atoms with E-state index in [4.69, 9.17) is 0 Å². The Bertz CT molecular complexity index is 544. The van der Waals surface area contributed by atoms with Gasteiger partial charge < -0.3 is 9.80 Å². The highest BCUT2D eigenvalue weighted by Crippen LogP contribution is 2.15. The van der Waals surface area contributed by atoms with Crippen LogP contribution in [-0.2, 0) is 16.0 Å². The molecule has 2 amide bonds. The molecule has 1 heterocycles. The maximum absolute atomic E-state index is 12.9. The zero-order valence-electron chi connectivity index (χ0n) is 13.9. The van der Waals surface area contributed by atoms with Crippen LogP contribution in [0.2, 0.25) is 0 Å². The van der Waals surface area contributed by atoms with Gasteiger partial charge in [0.15, 0.2) is 0 Å². The number of amides is 2. The summed E-state index contributed by atoms with van der Waals surface area (Å²) < 4.78 is 12.9. The summed E-state index contributed by atoms with van der Waals surface area (Å²) >= 11 is 0. The second-order valence-electron chi connectivity index (χ2n) is 6.40. The van der Waals surface area contributed by atoms with E-state index in [1.54, 1.807) is 17.0 Å². The predicted molar refractivity (Wildman–Crippen MR) is 87.3 cm³/mol. The van der Waals surface area contributed by atoms with E-state index in [-0.39, 0.29) is 24.2 Å². The van der Waals surface area contributed by atoms with Gasteiger partial charge in [0.1, 0.15) is 5.82 Å². The molecule has 0 radical (unpaired) electrons. The number of carbonyl (C=O) groups is 2. The fraction of sp³-hybridized carbons (Fsp3) is 0.556. The monoisotopic (exact) mass is 320 g/mol. The SMILES string of the molecule is CC(=O)N(CCc1ccc(F)cc1)CC(=O)N1CCCC(C)C1. The molecule has 1 aliphatic rings. The van der Waals surface area contributed by atoms with Gasteiger partial charge in [0.05, 0.1) is 6.54 Å². The summed E-state index contributed by atoms with van der Waals surface area (Å²) in [4.78, 5) is 27.6. The van der Waals surface area contributed by atoms with Crippen LogP contribution in [0.15, 0.2) is 24.3 Å². The van der Waals surface area contributed by atoms with Crippen LogP contribution in [0.1, 0.15) is 32.3 Å². The molecule has 2 rings (SSSR count). The van der Waals surface area contributed by atoms with Gasteiger partial charge in [0, 0.05) is 26.6 Å². The van der Waals surface area contributed by atoms with Crippen molar-refractivity contribution in [1.29, 1.82) is 0 Å². The van der Waals surface area contributed by atoms with Gasteiger partial charge in [-0.3, -0.25) is 9.59 Å². The summed E-state index contributed by atoms with van der Waals surface area (Å²) in [5.74, 6) is 0.167. The summed E-state index contributed by atoms with van der Waals surface area (Å²) in [5.41, 5.74) is 0.955. The minimum absolute atomic E-state index is 0.0193. The third-order valence-corrected chi connectivity index (χ3v) is 4.36. The van der Waals surface area contributed by atoms with Gasteiger partial charge in [0.25, 0.3) is 0 Å². The van der Waals surface area contributed by atoms with Gasteiger partial charge >= 0.3 is 0 Å². The Morgan fingerprint density at radius 2 is 2.00 bits per heavy atom. The number of piperidine rings is 1. The van der Waals surface area contributed by atoms with Crippen molar-refractivity contribution in [1.82, 2.24) is 9.80 Å². The fourth-order valence-corrected chi connectivity index (χ4v) is 2.94. The summed E-state index contributed by atoms with van der Waals surface area (Å²) in [6.45, 7) is 5.79. The summed E-state index contributed by atoms with van der Waals surface area (Å²) in [7, 11) is 0. The van der Waals surface area contributed by atoms with E-state index in [1.807, 2.05) is 4.90 Å². The highest BCUT2D eigenvalue weighted by molar-refractivity contribution is 5.83. The van der Waals surface area contributed by atoms with E-state index in [0.717, 1.165) is 31.5 Å². The standard InChI is InChI=1S/C18H25FN2O2/c1-14-4-3-10-21(12-14)18(23)13-20(15(2)22)11-9-16-5-7-17(19)8-6-16/h5-8,14H,3-4,9-13H2,1-2H3. The van der Waals surface area contributed by atoms with E-state index in [0.29, 0.717) is 18.9 Å². The van der Waals surface area contributed by atoms with Crippen LogP contribution in [0.3, 0.4) is 0 Å². The highest BCUT2D eigenvalue weighted by Gasteiger charge is 2.23. The van der Waals surface area contributed by atoms with Crippen LogP contribution in [0.4, 0.5) is 4.39 Å². The number of likely N-dealkylation sites (tertiary alicyclic amines) is 1. The second kappa shape index (κ2) is 8.09. The lowest BCUT2D eigenvalue weighted by molar-refractivity contribution is -0.140. The van der Waals surface area contributed by atoms with Crippen molar-refractivity contribution in [3.63, 3.8) is 0 Å². The van der Waals surface area contributed by atoms with Crippen LogP contribution in [0.5, 0.6) is 0 Å². The molecule has 0 spiro atoms. The molecule has 1 aromatic carbocycles. The molecule has 0 aliphatic carbocycles. The first-order valence-corrected chi connectivity index (χ1v) is 8.23. The molecular formula is C18H25FN2O2. The molecule has 5 heteroatoms. The summed E-state index contributed by atoms with van der Waals surface area (Å²) in [6.07, 6.45) is 2.80. The van der Waals surface area contributed by atoms with Gasteiger partial charge in [0.2, 0.25) is 11.8 Å². The largest absolute Gasteiger partial charge is 0.341 e. The normalized spacial score (nSPS) is 17.9. The molecule has 23 heavy (non-hydrogen) atoms. The number of rotatable bonds is 5. The van der Waals surface area contributed by atoms with Crippen LogP contribution < -0.4 is 0 Å². The van der Waals surface area contributed by atoms with Crippen LogP contribution in [0.25, 0.3) is 0 Å². The molecular weight excluding hydrogens is 295 g/mol. The first-order chi connectivity index (χ1) is 11.0. The topological polar surface area (TPSA) is 40.6 Å². The molecule has 1 aromatic rings. The van der Waals surface area contributed by atoms with Gasteiger partial charge in [-0.15, -0.1) is 0 Å². The van der Waals surface area contributed by atoms with Gasteiger partial charge in [-0.05, 0) is 42.9 Å². The third kappa shape index (κ3) is 5.34. The Balaban J connectivity index is 1.89. The molecule has 4 nitrogen and oxygen atoms in total. The minimum Gasteiger partial charge on any atom is -0.341 e. The van der Waals surface area contributed by atoms with E-state index < -0.39 is 0 Å². The van der Waals surface area contributed by atoms with Crippen LogP contribution >= 0.6 is 0 Å². The van der Waals surface area contributed by atoms with Crippen molar-refractivity contribution in [2.24, 2.45) is 5.92 Å². The fourth-order valence-electron chi connectivity index (χ4n) is 2.94. The van der Waals surface area contributed by atoms with Crippen LogP contribution in [0, 0.1) is 11.7 Å². The minimum atomic E-state index is -0.272. The zero-order valence-corrected chi connectivity index (χ0v) is 13.9. The second-order valence-corrected chi connectivity index (χ2v) is 6.40. The molecule has 1 saturated heterocycles. The van der Waals surface area contributed by atoms with E-state index in [9.17, 15) is 14.0 Å². The van der Waals surface area contributed by atoms with Gasteiger partial charge in [-0.25, -0.2) is 4.39 Å². The molecule has 1 atom stereocenters. The maximum atomic E-state index is 12.9. The number of halogens is 1. The quantitative estimate of drug-likeness (QED) is 0.836. The molecule has 0 N–H and O–H groups in total.